The summed E-state index contributed by atoms with van der Waals surface area (Å²) in [6.45, 7) is 0.658. The second-order valence-electron chi connectivity index (χ2n) is 3.19. The molecule has 0 unspecified atom stereocenters. The van der Waals surface area contributed by atoms with Gasteiger partial charge in [0.2, 0.25) is 0 Å². The van der Waals surface area contributed by atoms with Crippen molar-refractivity contribution in [3.8, 4) is 11.5 Å². The fourth-order valence-corrected chi connectivity index (χ4v) is 1.68. The highest BCUT2D eigenvalue weighted by molar-refractivity contribution is 6.32. The van der Waals surface area contributed by atoms with Gasteiger partial charge in [-0.3, -0.25) is 0 Å². The molecule has 0 aromatic heterocycles. The Morgan fingerprint density at radius 3 is 2.47 bits per heavy atom. The molecule has 0 aliphatic carbocycles. The Bertz CT molecular complexity index is 394. The first kappa shape index (κ1) is 14.0. The van der Waals surface area contributed by atoms with Gasteiger partial charge in [-0.1, -0.05) is 23.8 Å². The summed E-state index contributed by atoms with van der Waals surface area (Å²) in [5, 5.41) is 3.72. The van der Waals surface area contributed by atoms with Crippen molar-refractivity contribution in [2.75, 3.05) is 32.0 Å². The quantitative estimate of drug-likeness (QED) is 0.636. The zero-order chi connectivity index (χ0) is 12.7. The van der Waals surface area contributed by atoms with Gasteiger partial charge in [0.15, 0.2) is 0 Å². The number of benzene rings is 1. The number of rotatable bonds is 6. The molecule has 0 aliphatic rings. The Labute approximate surface area is 111 Å². The molecular weight excluding hydrogens is 261 g/mol. The third kappa shape index (κ3) is 4.02. The van der Waals surface area contributed by atoms with Gasteiger partial charge in [0.25, 0.3) is 0 Å². The van der Waals surface area contributed by atoms with E-state index in [-0.39, 0.29) is 0 Å². The molecule has 5 heteroatoms. The molecule has 0 amide bonds. The second kappa shape index (κ2) is 7.30. The molecule has 0 saturated carbocycles. The molecule has 1 aromatic rings. The van der Waals surface area contributed by atoms with Crippen LogP contribution >= 0.6 is 23.2 Å². The van der Waals surface area contributed by atoms with Crippen LogP contribution in [-0.2, 0) is 0 Å². The van der Waals surface area contributed by atoms with Crippen LogP contribution in [0.25, 0.3) is 0 Å². The summed E-state index contributed by atoms with van der Waals surface area (Å²) < 4.78 is 10.4. The van der Waals surface area contributed by atoms with Gasteiger partial charge in [-0.05, 0) is 6.07 Å². The van der Waals surface area contributed by atoms with E-state index in [9.17, 15) is 0 Å². The van der Waals surface area contributed by atoms with Gasteiger partial charge < -0.3 is 14.8 Å². The third-order valence-corrected chi connectivity index (χ3v) is 2.61. The van der Waals surface area contributed by atoms with Gasteiger partial charge in [-0.25, -0.2) is 0 Å². The monoisotopic (exact) mass is 275 g/mol. The van der Waals surface area contributed by atoms with Crippen molar-refractivity contribution in [1.82, 2.24) is 0 Å². The lowest BCUT2D eigenvalue weighted by molar-refractivity contribution is 0.395. The Kier molecular flexibility index (Phi) is 6.01. The largest absolute Gasteiger partial charge is 0.495 e. The smallest absolute Gasteiger partial charge is 0.145 e. The third-order valence-electron chi connectivity index (χ3n) is 2.14. The summed E-state index contributed by atoms with van der Waals surface area (Å²) in [7, 11) is 3.17. The van der Waals surface area contributed by atoms with E-state index in [1.807, 2.05) is 12.2 Å². The van der Waals surface area contributed by atoms with Gasteiger partial charge in [0.1, 0.15) is 11.5 Å². The zero-order valence-electron chi connectivity index (χ0n) is 9.80. The van der Waals surface area contributed by atoms with Crippen molar-refractivity contribution < 1.29 is 9.47 Å². The first-order valence-electron chi connectivity index (χ1n) is 5.09. The standard InChI is InChI=1S/C12H15Cl2NO2/c1-16-11-8-12(17-2)10(7-9(11)14)15-6-4-3-5-13/h3-4,7-8,15H,5-6H2,1-2H3/b4-3+. The summed E-state index contributed by atoms with van der Waals surface area (Å²) in [5.41, 5.74) is 0.817. The molecular formula is C12H15Cl2NO2. The summed E-state index contributed by atoms with van der Waals surface area (Å²) in [5.74, 6) is 1.78. The van der Waals surface area contributed by atoms with Crippen LogP contribution in [-0.4, -0.2) is 26.6 Å². The van der Waals surface area contributed by atoms with E-state index in [1.165, 1.54) is 0 Å². The lowest BCUT2D eigenvalue weighted by Gasteiger charge is -2.12. The van der Waals surface area contributed by atoms with Crippen molar-refractivity contribution in [1.29, 1.82) is 0 Å². The molecule has 0 radical (unpaired) electrons. The summed E-state index contributed by atoms with van der Waals surface area (Å²) in [6.07, 6.45) is 3.80. The first-order valence-corrected chi connectivity index (χ1v) is 6.00. The van der Waals surface area contributed by atoms with Crippen LogP contribution in [0, 0.1) is 0 Å². The molecule has 17 heavy (non-hydrogen) atoms. The number of hydrogen-bond donors (Lipinski definition) is 1. The maximum Gasteiger partial charge on any atom is 0.145 e. The van der Waals surface area contributed by atoms with E-state index in [4.69, 9.17) is 32.7 Å². The van der Waals surface area contributed by atoms with E-state index in [0.29, 0.717) is 28.9 Å². The molecule has 0 aliphatic heterocycles. The fourth-order valence-electron chi connectivity index (χ4n) is 1.31. The van der Waals surface area contributed by atoms with Crippen LogP contribution in [0.3, 0.4) is 0 Å². The molecule has 3 nitrogen and oxygen atoms in total. The minimum absolute atomic E-state index is 0.502. The number of methoxy groups -OCH3 is 2. The van der Waals surface area contributed by atoms with Crippen LogP contribution in [0.2, 0.25) is 5.02 Å². The van der Waals surface area contributed by atoms with Gasteiger partial charge >= 0.3 is 0 Å². The summed E-state index contributed by atoms with van der Waals surface area (Å²) in [6, 6.07) is 3.52. The van der Waals surface area contributed by atoms with Crippen molar-refractivity contribution in [2.45, 2.75) is 0 Å². The Morgan fingerprint density at radius 1 is 1.18 bits per heavy atom. The molecule has 0 fully saturated rings. The lowest BCUT2D eigenvalue weighted by Crippen LogP contribution is -2.01. The number of nitrogens with one attached hydrogen (secondary N) is 1. The first-order chi connectivity index (χ1) is 8.22. The molecule has 0 saturated heterocycles. The minimum Gasteiger partial charge on any atom is -0.495 e. The van der Waals surface area contributed by atoms with Gasteiger partial charge in [-0.2, -0.15) is 0 Å². The van der Waals surface area contributed by atoms with Crippen molar-refractivity contribution >= 4 is 28.9 Å². The number of ether oxygens (including phenoxy) is 2. The minimum atomic E-state index is 0.502. The number of anilines is 1. The maximum atomic E-state index is 6.04. The van der Waals surface area contributed by atoms with E-state index >= 15 is 0 Å². The van der Waals surface area contributed by atoms with Crippen LogP contribution in [0.4, 0.5) is 5.69 Å². The van der Waals surface area contributed by atoms with E-state index in [2.05, 4.69) is 5.32 Å². The molecule has 0 spiro atoms. The Hall–Kier alpha value is -1.06. The van der Waals surface area contributed by atoms with E-state index in [0.717, 1.165) is 5.69 Å². The van der Waals surface area contributed by atoms with Crippen LogP contribution in [0.5, 0.6) is 11.5 Å². The molecule has 0 bridgehead atoms. The molecule has 0 atom stereocenters. The molecule has 1 N–H and O–H groups in total. The van der Waals surface area contributed by atoms with Gasteiger partial charge in [0.05, 0.1) is 24.9 Å². The predicted octanol–water partition coefficient (Wildman–Crippen LogP) is 3.56. The molecule has 0 heterocycles. The second-order valence-corrected chi connectivity index (χ2v) is 3.91. The summed E-state index contributed by atoms with van der Waals surface area (Å²) in [4.78, 5) is 0. The number of alkyl halides is 1. The highest BCUT2D eigenvalue weighted by Crippen LogP contribution is 2.35. The number of allylic oxidation sites excluding steroid dienone is 1. The normalized spacial score (nSPS) is 10.6. The number of hydrogen-bond acceptors (Lipinski definition) is 3. The van der Waals surface area contributed by atoms with Crippen molar-refractivity contribution in [3.05, 3.63) is 29.3 Å². The molecule has 94 valence electrons. The molecule has 1 aromatic carbocycles. The van der Waals surface area contributed by atoms with E-state index < -0.39 is 0 Å². The highest BCUT2D eigenvalue weighted by atomic mass is 35.5. The Morgan fingerprint density at radius 2 is 1.88 bits per heavy atom. The maximum absolute atomic E-state index is 6.04. The molecule has 1 rings (SSSR count). The Balaban J connectivity index is 2.83. The zero-order valence-corrected chi connectivity index (χ0v) is 11.3. The van der Waals surface area contributed by atoms with Crippen LogP contribution < -0.4 is 14.8 Å². The fraction of sp³-hybridized carbons (Fsp3) is 0.333. The van der Waals surface area contributed by atoms with Crippen molar-refractivity contribution in [3.63, 3.8) is 0 Å². The van der Waals surface area contributed by atoms with E-state index in [1.54, 1.807) is 26.4 Å². The topological polar surface area (TPSA) is 30.5 Å². The average molecular weight is 276 g/mol. The lowest BCUT2D eigenvalue weighted by atomic mass is 10.2. The average Bonchev–Trinajstić information content (AvgIpc) is 2.35. The van der Waals surface area contributed by atoms with Crippen LogP contribution in [0.1, 0.15) is 0 Å². The van der Waals surface area contributed by atoms with Gasteiger partial charge in [-0.15, -0.1) is 11.6 Å². The van der Waals surface area contributed by atoms with Gasteiger partial charge in [0, 0.05) is 18.5 Å². The van der Waals surface area contributed by atoms with Crippen molar-refractivity contribution in [2.24, 2.45) is 0 Å². The SMILES string of the molecule is COc1cc(OC)c(NC/C=C/CCl)cc1Cl. The number of halogens is 2. The van der Waals surface area contributed by atoms with Crippen LogP contribution in [0.15, 0.2) is 24.3 Å². The summed E-state index contributed by atoms with van der Waals surface area (Å²) >= 11 is 11.6. The highest BCUT2D eigenvalue weighted by Gasteiger charge is 2.08. The predicted molar refractivity (Wildman–Crippen MR) is 72.9 cm³/mol.